The number of imidazole rings is 1. The summed E-state index contributed by atoms with van der Waals surface area (Å²) in [5, 5.41) is 6.35. The molecule has 5 aromatic heterocycles. The summed E-state index contributed by atoms with van der Waals surface area (Å²) in [7, 11) is 0. The molecule has 0 aliphatic rings. The Hall–Kier alpha value is -9.09. The van der Waals surface area contributed by atoms with Gasteiger partial charge < -0.3 is 4.40 Å². The van der Waals surface area contributed by atoms with Crippen LogP contribution in [0.2, 0.25) is 0 Å². The molecule has 0 aliphatic heterocycles. The molecule has 0 radical (unpaired) electrons. The van der Waals surface area contributed by atoms with Crippen LogP contribution in [0.25, 0.3) is 122 Å². The van der Waals surface area contributed by atoms with Crippen LogP contribution in [0.4, 0.5) is 0 Å². The zero-order chi connectivity index (χ0) is 58.3. The molecular weight excluding hydrogens is 1150 g/mol. The summed E-state index contributed by atoms with van der Waals surface area (Å²) in [5.41, 5.74) is 15.2. The average Bonchev–Trinajstić information content (AvgIpc) is 1.57. The SMILES string of the molecule is [2H]C([2H])([2H])c1ccc(-n2[c](=[Pt])n(-c3c(-c4ccccc4)cc(C(C)(C)C)cc3-c3ccccc3)c3ccccc32)cc1Oc1ccc2c3cc4c5cccc6c7ccccc7n(c4cc3n(-c3cc(C([2H])([2H])[2H])c(-c4ccccc4)cn3)c2c1)c65. The molecule has 15 aromatic rings. The summed E-state index contributed by atoms with van der Waals surface area (Å²) in [5.74, 6) is 0.958. The van der Waals surface area contributed by atoms with E-state index in [1.54, 1.807) is 18.3 Å². The number of pyridine rings is 1. The van der Waals surface area contributed by atoms with Gasteiger partial charge in [-0.25, -0.2) is 0 Å². The number of para-hydroxylation sites is 4. The second-order valence-corrected chi connectivity index (χ2v) is 22.5. The summed E-state index contributed by atoms with van der Waals surface area (Å²) in [6, 6.07) is 75.7. The first-order chi connectivity index (χ1) is 41.0. The maximum absolute atomic E-state index is 8.89. The second kappa shape index (κ2) is 18.0. The Morgan fingerprint density at radius 3 is 1.68 bits per heavy atom. The number of hydrogen-bond acceptors (Lipinski definition) is 2. The van der Waals surface area contributed by atoms with Gasteiger partial charge in [0.25, 0.3) is 0 Å². The van der Waals surface area contributed by atoms with E-state index in [4.69, 9.17) is 17.9 Å². The van der Waals surface area contributed by atoms with Gasteiger partial charge in [0.15, 0.2) is 0 Å². The minimum atomic E-state index is -2.55. The molecular formula is C72H53N5OPt. The number of aromatic nitrogens is 5. The van der Waals surface area contributed by atoms with Gasteiger partial charge in [0.1, 0.15) is 0 Å². The number of rotatable bonds is 8. The van der Waals surface area contributed by atoms with Crippen molar-refractivity contribution in [3.05, 3.63) is 251 Å². The molecule has 0 amide bonds. The predicted octanol–water partition coefficient (Wildman–Crippen LogP) is 18.8. The molecule has 0 saturated heterocycles. The Morgan fingerprint density at radius 2 is 1.01 bits per heavy atom. The molecule has 0 aliphatic carbocycles. The Bertz CT molecular complexity index is 5190. The standard InChI is InChI=1S/C72H53N5O.Pt/c1-45-32-33-51(74-44-75(64-31-18-17-30-63(64)74)70-57(47-20-9-6-10-21-47)37-50(72(3,4)5)38-58(70)48-22-11-7-12-23-48)39-68(45)78-52-34-35-54-59-41-60-56-28-19-27-55-53-26-15-16-29-62(53)77(71(55)56)67(60)42-66(59)76(65(54)40-52)69-36-46(2)61(43-73-69)49-24-13-8-14-25-49;/h6-43H,1-5H3;/i1D3,2D3;. The zero-order valence-electron chi connectivity index (χ0n) is 49.4. The van der Waals surface area contributed by atoms with Crippen molar-refractivity contribution in [3.63, 3.8) is 0 Å². The molecule has 5 heterocycles. The van der Waals surface area contributed by atoms with Gasteiger partial charge >= 0.3 is 330 Å². The zero-order valence-corrected chi connectivity index (χ0v) is 45.7. The van der Waals surface area contributed by atoms with E-state index in [2.05, 4.69) is 187 Å². The molecule has 382 valence electrons. The van der Waals surface area contributed by atoms with E-state index in [9.17, 15) is 0 Å². The minimum Gasteiger partial charge on any atom is 0.0620 e. The molecule has 0 unspecified atom stereocenters. The van der Waals surface area contributed by atoms with E-state index in [0.717, 1.165) is 97.3 Å². The fourth-order valence-electron chi connectivity index (χ4n) is 12.1. The molecule has 0 bridgehead atoms. The average molecular weight is 1210 g/mol. The third-order valence-electron chi connectivity index (χ3n) is 15.8. The van der Waals surface area contributed by atoms with Crippen LogP contribution in [0.5, 0.6) is 11.5 Å². The number of nitrogens with zero attached hydrogens (tertiary/aromatic N) is 5. The van der Waals surface area contributed by atoms with Gasteiger partial charge in [-0.3, -0.25) is 0 Å². The molecule has 10 aromatic carbocycles. The Labute approximate surface area is 476 Å². The van der Waals surface area contributed by atoms with Crippen LogP contribution in [-0.4, -0.2) is 23.1 Å². The van der Waals surface area contributed by atoms with E-state index in [0.29, 0.717) is 28.3 Å². The van der Waals surface area contributed by atoms with Crippen molar-refractivity contribution < 1.29 is 32.3 Å². The quantitative estimate of drug-likeness (QED) is 0.152. The van der Waals surface area contributed by atoms with Crippen LogP contribution in [0.3, 0.4) is 0 Å². The Balaban J connectivity index is 0.945. The van der Waals surface area contributed by atoms with Gasteiger partial charge in [0.05, 0.1) is 16.6 Å². The Morgan fingerprint density at radius 1 is 0.443 bits per heavy atom. The van der Waals surface area contributed by atoms with Gasteiger partial charge in [0, 0.05) is 37.4 Å². The van der Waals surface area contributed by atoms with Gasteiger partial charge in [0.2, 0.25) is 0 Å². The smallest absolute Gasteiger partial charge is 0.0620 e. The maximum Gasteiger partial charge on any atom is 0.0620 e. The minimum absolute atomic E-state index is 0.0489. The largest absolute Gasteiger partial charge is 0.0620 e. The van der Waals surface area contributed by atoms with Crippen LogP contribution in [0.1, 0.15) is 45.7 Å². The molecule has 0 atom stereocenters. The predicted molar refractivity (Wildman–Crippen MR) is 324 cm³/mol. The van der Waals surface area contributed by atoms with Crippen LogP contribution in [-0.2, 0) is 24.8 Å². The van der Waals surface area contributed by atoms with Crippen molar-refractivity contribution >= 4 is 70.9 Å². The summed E-state index contributed by atoms with van der Waals surface area (Å²) < 4.78 is 70.0. The van der Waals surface area contributed by atoms with Gasteiger partial charge in [-0.05, 0) is 24.0 Å². The summed E-state index contributed by atoms with van der Waals surface area (Å²) in [6.07, 6.45) is 1.66. The fraction of sp³-hybridized carbons (Fsp3) is 0.0833. The van der Waals surface area contributed by atoms with Crippen LogP contribution < -0.4 is 4.74 Å². The Kier molecular flexibility index (Phi) is 9.35. The molecule has 0 saturated carbocycles. The number of fused-ring (bicyclic) bond motifs is 10. The molecule has 0 fully saturated rings. The third-order valence-corrected chi connectivity index (χ3v) is 16.8. The maximum atomic E-state index is 8.89. The summed E-state index contributed by atoms with van der Waals surface area (Å²) in [4.78, 5) is 5.09. The number of ether oxygens (including phenoxy) is 1. The monoisotopic (exact) mass is 1200 g/mol. The molecule has 79 heavy (non-hydrogen) atoms. The fourth-order valence-corrected chi connectivity index (χ4v) is 13.2. The first-order valence-corrected chi connectivity index (χ1v) is 27.6. The van der Waals surface area contributed by atoms with E-state index in [1.807, 2.05) is 83.4 Å². The van der Waals surface area contributed by atoms with Crippen LogP contribution in [0, 0.1) is 17.5 Å². The van der Waals surface area contributed by atoms with Crippen LogP contribution in [0.15, 0.2) is 231 Å². The van der Waals surface area contributed by atoms with E-state index >= 15 is 0 Å². The van der Waals surface area contributed by atoms with E-state index in [1.165, 1.54) is 10.9 Å². The van der Waals surface area contributed by atoms with Gasteiger partial charge in [-0.15, -0.1) is 0 Å². The van der Waals surface area contributed by atoms with E-state index in [-0.39, 0.29) is 22.3 Å². The normalized spacial score (nSPS) is 13.6. The second-order valence-electron chi connectivity index (χ2n) is 21.5. The summed E-state index contributed by atoms with van der Waals surface area (Å²) in [6.45, 7) is 1.71. The van der Waals surface area contributed by atoms with Crippen LogP contribution >= 0.6 is 0 Å². The third kappa shape index (κ3) is 7.42. The van der Waals surface area contributed by atoms with Crippen molar-refractivity contribution in [1.82, 2.24) is 23.1 Å². The first-order valence-electron chi connectivity index (χ1n) is 29.5. The molecule has 0 N–H and O–H groups in total. The van der Waals surface area contributed by atoms with Crippen molar-refractivity contribution in [2.45, 2.75) is 39.9 Å². The molecule has 6 nitrogen and oxygen atoms in total. The topological polar surface area (TPSA) is 41.3 Å². The summed E-state index contributed by atoms with van der Waals surface area (Å²) >= 11 is 2.42. The van der Waals surface area contributed by atoms with Crippen molar-refractivity contribution in [3.8, 4) is 62.1 Å². The van der Waals surface area contributed by atoms with Crippen molar-refractivity contribution in [2.24, 2.45) is 0 Å². The molecule has 0 spiro atoms. The number of hydrogen-bond donors (Lipinski definition) is 0. The van der Waals surface area contributed by atoms with Crippen molar-refractivity contribution in [2.75, 3.05) is 0 Å². The molecule has 15 rings (SSSR count). The van der Waals surface area contributed by atoms with Crippen molar-refractivity contribution in [1.29, 1.82) is 0 Å². The molecule has 7 heteroatoms. The van der Waals surface area contributed by atoms with Gasteiger partial charge in [-0.1, -0.05) is 66.7 Å². The van der Waals surface area contributed by atoms with Gasteiger partial charge in [-0.2, -0.15) is 0 Å². The number of aryl methyl sites for hydroxylation is 2. The van der Waals surface area contributed by atoms with E-state index < -0.39 is 13.7 Å². The number of benzene rings is 10. The first kappa shape index (κ1) is 41.1.